The molecule has 27 heavy (non-hydrogen) atoms. The van der Waals surface area contributed by atoms with Crippen LogP contribution in [0.15, 0.2) is 48.5 Å². The van der Waals surface area contributed by atoms with Crippen LogP contribution < -0.4 is 11.5 Å². The summed E-state index contributed by atoms with van der Waals surface area (Å²) in [5.41, 5.74) is 11.7. The lowest BCUT2D eigenvalue weighted by Gasteiger charge is -2.09. The Balaban J connectivity index is 1.81. The quantitative estimate of drug-likeness (QED) is 0.506. The zero-order valence-corrected chi connectivity index (χ0v) is 14.7. The smallest absolute Gasteiger partial charge is 0.339 e. The number of carbonyl (C=O) groups excluding carboxylic acids is 2. The number of nitrogens with two attached hydrogens (primary N) is 2. The molecule has 0 saturated carbocycles. The third-order valence-electron chi connectivity index (χ3n) is 3.55. The van der Waals surface area contributed by atoms with Gasteiger partial charge >= 0.3 is 5.97 Å². The monoisotopic (exact) mass is 383 g/mol. The minimum atomic E-state index is -0.703. The summed E-state index contributed by atoms with van der Waals surface area (Å²) >= 11 is 5.85. The molecule has 2 aromatic carbocycles. The standard InChI is InChI=1S/C18H14ClN5O3/c19-11-7-5-10(6-8-11)15(25)12-3-1-2-4-13(12)16(26)27-9-14-22-17(20)24-18(21)23-14/h1-8H,9H2,(H4,20,21,22,23,24). The van der Waals surface area contributed by atoms with E-state index in [1.54, 1.807) is 42.5 Å². The molecule has 0 radical (unpaired) electrons. The zero-order chi connectivity index (χ0) is 19.4. The normalized spacial score (nSPS) is 10.4. The molecule has 0 aliphatic carbocycles. The fourth-order valence-corrected chi connectivity index (χ4v) is 2.47. The lowest BCUT2D eigenvalue weighted by atomic mass is 9.98. The summed E-state index contributed by atoms with van der Waals surface area (Å²) in [7, 11) is 0. The van der Waals surface area contributed by atoms with Crippen LogP contribution in [0.2, 0.25) is 5.02 Å². The molecule has 0 saturated heterocycles. The van der Waals surface area contributed by atoms with E-state index in [0.29, 0.717) is 10.6 Å². The number of esters is 1. The predicted octanol–water partition coefficient (Wildman–Crippen LogP) is 2.28. The average molecular weight is 384 g/mol. The third-order valence-corrected chi connectivity index (χ3v) is 3.80. The first-order valence-corrected chi connectivity index (χ1v) is 8.14. The van der Waals surface area contributed by atoms with Crippen LogP contribution in [0.1, 0.15) is 32.1 Å². The van der Waals surface area contributed by atoms with E-state index in [1.165, 1.54) is 6.07 Å². The van der Waals surface area contributed by atoms with E-state index in [-0.39, 0.29) is 41.2 Å². The summed E-state index contributed by atoms with van der Waals surface area (Å²) in [6.07, 6.45) is 0. The van der Waals surface area contributed by atoms with E-state index in [0.717, 1.165) is 0 Å². The van der Waals surface area contributed by atoms with Gasteiger partial charge in [-0.15, -0.1) is 0 Å². The molecular formula is C18H14ClN5O3. The van der Waals surface area contributed by atoms with Crippen LogP contribution in [0.25, 0.3) is 0 Å². The minimum Gasteiger partial charge on any atom is -0.454 e. The van der Waals surface area contributed by atoms with Gasteiger partial charge in [0.2, 0.25) is 11.9 Å². The van der Waals surface area contributed by atoms with Crippen molar-refractivity contribution in [2.45, 2.75) is 6.61 Å². The molecule has 0 fully saturated rings. The minimum absolute atomic E-state index is 0.0770. The fourth-order valence-electron chi connectivity index (χ4n) is 2.35. The molecule has 1 aromatic heterocycles. The number of nitrogens with zero attached hydrogens (tertiary/aromatic N) is 3. The average Bonchev–Trinajstić information content (AvgIpc) is 2.65. The Bertz CT molecular complexity index is 988. The molecule has 0 aliphatic rings. The highest BCUT2D eigenvalue weighted by atomic mass is 35.5. The Hall–Kier alpha value is -3.52. The van der Waals surface area contributed by atoms with Crippen molar-refractivity contribution < 1.29 is 14.3 Å². The van der Waals surface area contributed by atoms with Gasteiger partial charge in [0.15, 0.2) is 18.2 Å². The number of halogens is 1. The molecule has 0 amide bonds. The van der Waals surface area contributed by atoms with Crippen molar-refractivity contribution in [3.05, 3.63) is 76.1 Å². The number of nitrogen functional groups attached to an aromatic ring is 2. The van der Waals surface area contributed by atoms with E-state index in [1.807, 2.05) is 0 Å². The maximum atomic E-state index is 12.7. The number of ether oxygens (including phenoxy) is 1. The first kappa shape index (κ1) is 18.3. The van der Waals surface area contributed by atoms with Crippen LogP contribution in [0.3, 0.4) is 0 Å². The Morgan fingerprint density at radius 1 is 0.889 bits per heavy atom. The molecule has 3 rings (SSSR count). The maximum Gasteiger partial charge on any atom is 0.339 e. The van der Waals surface area contributed by atoms with Crippen molar-refractivity contribution in [3.63, 3.8) is 0 Å². The van der Waals surface area contributed by atoms with Gasteiger partial charge in [0.25, 0.3) is 0 Å². The van der Waals surface area contributed by atoms with Crippen LogP contribution in [-0.2, 0) is 11.3 Å². The highest BCUT2D eigenvalue weighted by Gasteiger charge is 2.19. The Morgan fingerprint density at radius 3 is 2.11 bits per heavy atom. The number of ketones is 1. The van der Waals surface area contributed by atoms with Crippen LogP contribution in [-0.4, -0.2) is 26.7 Å². The van der Waals surface area contributed by atoms with Gasteiger partial charge in [-0.3, -0.25) is 4.79 Å². The number of hydrogen-bond acceptors (Lipinski definition) is 8. The van der Waals surface area contributed by atoms with Crippen molar-refractivity contribution in [1.82, 2.24) is 15.0 Å². The number of anilines is 2. The summed E-state index contributed by atoms with van der Waals surface area (Å²) in [5, 5.41) is 0.509. The first-order valence-electron chi connectivity index (χ1n) is 7.76. The second-order valence-electron chi connectivity index (χ2n) is 5.43. The second-order valence-corrected chi connectivity index (χ2v) is 5.86. The molecule has 0 atom stereocenters. The number of carbonyl (C=O) groups is 2. The summed E-state index contributed by atoms with van der Waals surface area (Å²) in [6, 6.07) is 12.7. The molecule has 1 heterocycles. The lowest BCUT2D eigenvalue weighted by molar-refractivity contribution is 0.0459. The van der Waals surface area contributed by atoms with E-state index in [9.17, 15) is 9.59 Å². The fraction of sp³-hybridized carbons (Fsp3) is 0.0556. The second kappa shape index (κ2) is 7.79. The summed E-state index contributed by atoms with van der Waals surface area (Å²) in [4.78, 5) is 36.5. The lowest BCUT2D eigenvalue weighted by Crippen LogP contribution is -2.14. The van der Waals surface area contributed by atoms with Crippen molar-refractivity contribution in [2.24, 2.45) is 0 Å². The largest absolute Gasteiger partial charge is 0.454 e. The van der Waals surface area contributed by atoms with Crippen molar-refractivity contribution >= 4 is 35.3 Å². The van der Waals surface area contributed by atoms with Gasteiger partial charge in [-0.1, -0.05) is 29.8 Å². The van der Waals surface area contributed by atoms with E-state index < -0.39 is 5.97 Å². The molecule has 8 nitrogen and oxygen atoms in total. The van der Waals surface area contributed by atoms with E-state index in [2.05, 4.69) is 15.0 Å². The van der Waals surface area contributed by atoms with E-state index in [4.69, 9.17) is 27.8 Å². The Morgan fingerprint density at radius 2 is 1.48 bits per heavy atom. The zero-order valence-electron chi connectivity index (χ0n) is 13.9. The van der Waals surface area contributed by atoms with E-state index >= 15 is 0 Å². The van der Waals surface area contributed by atoms with Crippen LogP contribution >= 0.6 is 11.6 Å². The molecular weight excluding hydrogens is 370 g/mol. The van der Waals surface area contributed by atoms with Gasteiger partial charge < -0.3 is 16.2 Å². The molecule has 0 spiro atoms. The van der Waals surface area contributed by atoms with Crippen LogP contribution in [0.4, 0.5) is 11.9 Å². The van der Waals surface area contributed by atoms with Gasteiger partial charge in [0.1, 0.15) is 0 Å². The van der Waals surface area contributed by atoms with Crippen molar-refractivity contribution in [2.75, 3.05) is 11.5 Å². The number of rotatable bonds is 5. The number of hydrogen-bond donors (Lipinski definition) is 2. The molecule has 3 aromatic rings. The Kier molecular flexibility index (Phi) is 5.28. The van der Waals surface area contributed by atoms with Crippen LogP contribution in [0.5, 0.6) is 0 Å². The summed E-state index contributed by atoms with van der Waals surface area (Å²) in [5.74, 6) is -1.08. The third kappa shape index (κ3) is 4.36. The van der Waals surface area contributed by atoms with Gasteiger partial charge in [-0.25, -0.2) is 4.79 Å². The molecule has 136 valence electrons. The van der Waals surface area contributed by atoms with Crippen molar-refractivity contribution in [3.8, 4) is 0 Å². The molecule has 9 heteroatoms. The van der Waals surface area contributed by atoms with Crippen molar-refractivity contribution in [1.29, 1.82) is 0 Å². The maximum absolute atomic E-state index is 12.7. The van der Waals surface area contributed by atoms with Gasteiger partial charge in [0.05, 0.1) is 5.56 Å². The summed E-state index contributed by atoms with van der Waals surface area (Å²) in [6.45, 7) is -0.265. The number of aromatic nitrogens is 3. The molecule has 0 unspecified atom stereocenters. The predicted molar refractivity (Wildman–Crippen MR) is 99.1 cm³/mol. The highest BCUT2D eigenvalue weighted by molar-refractivity contribution is 6.30. The number of benzene rings is 2. The topological polar surface area (TPSA) is 134 Å². The molecule has 0 bridgehead atoms. The first-order chi connectivity index (χ1) is 12.9. The van der Waals surface area contributed by atoms with Gasteiger partial charge in [-0.2, -0.15) is 15.0 Å². The van der Waals surface area contributed by atoms with Gasteiger partial charge in [0, 0.05) is 16.1 Å². The Labute approximate surface area is 159 Å². The molecule has 4 N–H and O–H groups in total. The van der Waals surface area contributed by atoms with Gasteiger partial charge in [-0.05, 0) is 30.3 Å². The summed E-state index contributed by atoms with van der Waals surface area (Å²) < 4.78 is 5.19. The SMILES string of the molecule is Nc1nc(N)nc(COC(=O)c2ccccc2C(=O)c2ccc(Cl)cc2)n1. The van der Waals surface area contributed by atoms with Crippen LogP contribution in [0, 0.1) is 0 Å². The molecule has 0 aliphatic heterocycles. The highest BCUT2D eigenvalue weighted by Crippen LogP contribution is 2.18.